The van der Waals surface area contributed by atoms with E-state index in [4.69, 9.17) is 0 Å². The van der Waals surface area contributed by atoms with Crippen LogP contribution in [-0.2, 0) is 4.79 Å². The van der Waals surface area contributed by atoms with Crippen LogP contribution in [0.3, 0.4) is 0 Å². The third kappa shape index (κ3) is 4.66. The van der Waals surface area contributed by atoms with Crippen molar-refractivity contribution in [2.75, 3.05) is 11.9 Å². The molecule has 1 unspecified atom stereocenters. The highest BCUT2D eigenvalue weighted by molar-refractivity contribution is 9.10. The predicted octanol–water partition coefficient (Wildman–Crippen LogP) is 2.95. The molecular formula is C12H16BrClN2O. The van der Waals surface area contributed by atoms with Gasteiger partial charge in [-0.05, 0) is 43.7 Å². The Morgan fingerprint density at radius 3 is 2.71 bits per heavy atom. The van der Waals surface area contributed by atoms with E-state index in [9.17, 15) is 4.79 Å². The van der Waals surface area contributed by atoms with Crippen LogP contribution in [0.2, 0.25) is 0 Å². The molecule has 1 aromatic rings. The van der Waals surface area contributed by atoms with Crippen molar-refractivity contribution in [1.82, 2.24) is 5.32 Å². The van der Waals surface area contributed by atoms with Crippen molar-refractivity contribution in [1.29, 1.82) is 0 Å². The lowest BCUT2D eigenvalue weighted by molar-refractivity contribution is -0.116. The Morgan fingerprint density at radius 1 is 1.41 bits per heavy atom. The summed E-state index contributed by atoms with van der Waals surface area (Å²) in [4.78, 5) is 11.7. The molecule has 2 rings (SSSR count). The average Bonchev–Trinajstić information content (AvgIpc) is 2.74. The van der Waals surface area contributed by atoms with Gasteiger partial charge in [-0.3, -0.25) is 4.79 Å². The van der Waals surface area contributed by atoms with Gasteiger partial charge in [-0.1, -0.05) is 15.9 Å². The highest BCUT2D eigenvalue weighted by Crippen LogP contribution is 2.15. The number of amides is 1. The summed E-state index contributed by atoms with van der Waals surface area (Å²) in [5.41, 5.74) is 0.853. The van der Waals surface area contributed by atoms with Crippen molar-refractivity contribution < 1.29 is 4.79 Å². The fourth-order valence-electron chi connectivity index (χ4n) is 1.90. The van der Waals surface area contributed by atoms with Crippen LogP contribution in [0, 0.1) is 0 Å². The van der Waals surface area contributed by atoms with Crippen LogP contribution >= 0.6 is 28.3 Å². The molecule has 1 aliphatic rings. The van der Waals surface area contributed by atoms with Crippen LogP contribution in [0.25, 0.3) is 0 Å². The third-order valence-electron chi connectivity index (χ3n) is 2.72. The summed E-state index contributed by atoms with van der Waals surface area (Å²) in [6, 6.07) is 7.98. The second kappa shape index (κ2) is 6.99. The van der Waals surface area contributed by atoms with Gasteiger partial charge in [-0.2, -0.15) is 0 Å². The van der Waals surface area contributed by atoms with Crippen LogP contribution in [0.5, 0.6) is 0 Å². The molecule has 1 atom stereocenters. The number of rotatable bonds is 3. The zero-order chi connectivity index (χ0) is 11.4. The Labute approximate surface area is 116 Å². The Hall–Kier alpha value is -0.580. The summed E-state index contributed by atoms with van der Waals surface area (Å²) in [5, 5.41) is 6.21. The van der Waals surface area contributed by atoms with Gasteiger partial charge >= 0.3 is 0 Å². The molecule has 94 valence electrons. The molecule has 1 aliphatic heterocycles. The zero-order valence-electron chi connectivity index (χ0n) is 9.41. The maximum absolute atomic E-state index is 11.7. The number of nitrogens with one attached hydrogen (secondary N) is 2. The molecule has 1 heterocycles. The molecule has 1 saturated heterocycles. The zero-order valence-corrected chi connectivity index (χ0v) is 11.8. The van der Waals surface area contributed by atoms with E-state index in [1.807, 2.05) is 24.3 Å². The van der Waals surface area contributed by atoms with Gasteiger partial charge in [0.1, 0.15) is 0 Å². The smallest absolute Gasteiger partial charge is 0.225 e. The first-order valence-corrected chi connectivity index (χ1v) is 6.32. The van der Waals surface area contributed by atoms with Crippen LogP contribution < -0.4 is 10.6 Å². The summed E-state index contributed by atoms with van der Waals surface area (Å²) in [6.07, 6.45) is 2.85. The molecule has 0 radical (unpaired) electrons. The topological polar surface area (TPSA) is 41.1 Å². The van der Waals surface area contributed by atoms with Crippen LogP contribution in [0.4, 0.5) is 5.69 Å². The van der Waals surface area contributed by atoms with E-state index < -0.39 is 0 Å². The van der Waals surface area contributed by atoms with Gasteiger partial charge in [-0.15, -0.1) is 12.4 Å². The van der Waals surface area contributed by atoms with Gasteiger partial charge in [0.25, 0.3) is 0 Å². The fourth-order valence-corrected chi connectivity index (χ4v) is 2.16. The fraction of sp³-hybridized carbons (Fsp3) is 0.417. The number of carbonyl (C=O) groups is 1. The summed E-state index contributed by atoms with van der Waals surface area (Å²) in [7, 11) is 0. The summed E-state index contributed by atoms with van der Waals surface area (Å²) in [6.45, 7) is 1.04. The van der Waals surface area contributed by atoms with Crippen molar-refractivity contribution in [3.8, 4) is 0 Å². The second-order valence-corrected chi connectivity index (χ2v) is 4.97. The van der Waals surface area contributed by atoms with Gasteiger partial charge in [0.2, 0.25) is 5.91 Å². The van der Waals surface area contributed by atoms with Gasteiger partial charge in [0, 0.05) is 22.6 Å². The first-order valence-electron chi connectivity index (χ1n) is 5.53. The number of carbonyl (C=O) groups excluding carboxylic acids is 1. The number of halogens is 2. The maximum Gasteiger partial charge on any atom is 0.225 e. The molecule has 2 N–H and O–H groups in total. The van der Waals surface area contributed by atoms with Crippen molar-refractivity contribution in [2.45, 2.75) is 25.3 Å². The normalized spacial score (nSPS) is 18.5. The standard InChI is InChI=1S/C12H15BrN2O.ClH/c13-9-3-5-10(6-4-9)15-12(16)8-11-2-1-7-14-11;/h3-6,11,14H,1-2,7-8H2,(H,15,16);1H. The van der Waals surface area contributed by atoms with E-state index >= 15 is 0 Å². The molecule has 0 saturated carbocycles. The quantitative estimate of drug-likeness (QED) is 0.899. The average molecular weight is 320 g/mol. The minimum atomic E-state index is 0. The second-order valence-electron chi connectivity index (χ2n) is 4.05. The molecule has 1 amide bonds. The van der Waals surface area contributed by atoms with Gasteiger partial charge < -0.3 is 10.6 Å². The van der Waals surface area contributed by atoms with E-state index in [0.717, 1.165) is 23.1 Å². The van der Waals surface area contributed by atoms with Crippen molar-refractivity contribution >= 4 is 39.9 Å². The Balaban J connectivity index is 0.00000144. The maximum atomic E-state index is 11.7. The minimum absolute atomic E-state index is 0. The monoisotopic (exact) mass is 318 g/mol. The molecule has 3 nitrogen and oxygen atoms in total. The lowest BCUT2D eigenvalue weighted by Gasteiger charge is -2.10. The minimum Gasteiger partial charge on any atom is -0.326 e. The van der Waals surface area contributed by atoms with Gasteiger partial charge in [-0.25, -0.2) is 0 Å². The van der Waals surface area contributed by atoms with Crippen LogP contribution in [0.15, 0.2) is 28.7 Å². The van der Waals surface area contributed by atoms with Gasteiger partial charge in [0.15, 0.2) is 0 Å². The Bertz CT molecular complexity index is 363. The van der Waals surface area contributed by atoms with Crippen molar-refractivity contribution in [3.63, 3.8) is 0 Å². The molecular weight excluding hydrogens is 304 g/mol. The van der Waals surface area contributed by atoms with E-state index in [0.29, 0.717) is 12.5 Å². The molecule has 0 aromatic heterocycles. The summed E-state index contributed by atoms with van der Waals surface area (Å²) in [5.74, 6) is 0.0849. The summed E-state index contributed by atoms with van der Waals surface area (Å²) < 4.78 is 1.02. The molecule has 0 bridgehead atoms. The van der Waals surface area contributed by atoms with E-state index in [1.54, 1.807) is 0 Å². The predicted molar refractivity (Wildman–Crippen MR) is 75.7 cm³/mol. The third-order valence-corrected chi connectivity index (χ3v) is 3.25. The molecule has 17 heavy (non-hydrogen) atoms. The van der Waals surface area contributed by atoms with Crippen molar-refractivity contribution in [2.24, 2.45) is 0 Å². The molecule has 0 aliphatic carbocycles. The molecule has 0 spiro atoms. The van der Waals surface area contributed by atoms with Gasteiger partial charge in [0.05, 0.1) is 0 Å². The van der Waals surface area contributed by atoms with E-state index in [2.05, 4.69) is 26.6 Å². The number of hydrogen-bond donors (Lipinski definition) is 2. The summed E-state index contributed by atoms with van der Waals surface area (Å²) >= 11 is 3.36. The largest absolute Gasteiger partial charge is 0.326 e. The highest BCUT2D eigenvalue weighted by atomic mass is 79.9. The first-order chi connectivity index (χ1) is 7.74. The van der Waals surface area contributed by atoms with Crippen LogP contribution in [-0.4, -0.2) is 18.5 Å². The van der Waals surface area contributed by atoms with Crippen molar-refractivity contribution in [3.05, 3.63) is 28.7 Å². The Morgan fingerprint density at radius 2 is 2.12 bits per heavy atom. The lowest BCUT2D eigenvalue weighted by Crippen LogP contribution is -2.27. The molecule has 1 aromatic carbocycles. The van der Waals surface area contributed by atoms with Crippen LogP contribution in [0.1, 0.15) is 19.3 Å². The number of hydrogen-bond acceptors (Lipinski definition) is 2. The van der Waals surface area contributed by atoms with E-state index in [-0.39, 0.29) is 18.3 Å². The number of benzene rings is 1. The molecule has 5 heteroatoms. The Kier molecular flexibility index (Phi) is 5.95. The van der Waals surface area contributed by atoms with E-state index in [1.165, 1.54) is 6.42 Å². The SMILES string of the molecule is Cl.O=C(CC1CCCN1)Nc1ccc(Br)cc1. The lowest BCUT2D eigenvalue weighted by atomic mass is 10.1. The first kappa shape index (κ1) is 14.5. The highest BCUT2D eigenvalue weighted by Gasteiger charge is 2.17. The molecule has 1 fully saturated rings. The number of anilines is 1.